The molecular weight excluding hydrogens is 198 g/mol. The summed E-state index contributed by atoms with van der Waals surface area (Å²) in [5.41, 5.74) is 1.25. The summed E-state index contributed by atoms with van der Waals surface area (Å²) < 4.78 is 0. The third kappa shape index (κ3) is 1.94. The average molecular weight is 217 g/mol. The van der Waals surface area contributed by atoms with Crippen LogP contribution in [0.1, 0.15) is 24.8 Å². The Hall–Kier alpha value is -1.02. The van der Waals surface area contributed by atoms with E-state index in [4.69, 9.17) is 0 Å². The Bertz CT molecular complexity index is 377. The lowest BCUT2D eigenvalue weighted by molar-refractivity contribution is 0.216. The molecule has 2 fully saturated rings. The highest BCUT2D eigenvalue weighted by Gasteiger charge is 2.36. The summed E-state index contributed by atoms with van der Waals surface area (Å²) in [4.78, 5) is 2.64. The van der Waals surface area contributed by atoms with Gasteiger partial charge in [0.25, 0.3) is 0 Å². The topological polar surface area (TPSA) is 23.5 Å². The van der Waals surface area contributed by atoms with Crippen molar-refractivity contribution in [2.24, 2.45) is 5.92 Å². The van der Waals surface area contributed by atoms with Crippen molar-refractivity contribution in [3.05, 3.63) is 29.8 Å². The van der Waals surface area contributed by atoms with Gasteiger partial charge in [0.1, 0.15) is 5.75 Å². The van der Waals surface area contributed by atoms with Gasteiger partial charge in [-0.3, -0.25) is 4.90 Å². The van der Waals surface area contributed by atoms with Crippen LogP contribution in [0.15, 0.2) is 24.3 Å². The SMILES string of the molecule is Oc1cccc(CCN2CC3CCC2C3)c1. The van der Waals surface area contributed by atoms with E-state index in [1.807, 2.05) is 12.1 Å². The predicted octanol–water partition coefficient (Wildman–Crippen LogP) is 2.42. The normalized spacial score (nSPS) is 28.8. The second kappa shape index (κ2) is 4.10. The smallest absolute Gasteiger partial charge is 0.115 e. The van der Waals surface area contributed by atoms with Crippen molar-refractivity contribution in [2.75, 3.05) is 13.1 Å². The fourth-order valence-electron chi connectivity index (χ4n) is 3.29. The molecule has 86 valence electrons. The summed E-state index contributed by atoms with van der Waals surface area (Å²) in [5.74, 6) is 1.37. The number of likely N-dealkylation sites (tertiary alicyclic amines) is 1. The Morgan fingerprint density at radius 2 is 2.25 bits per heavy atom. The standard InChI is InChI=1S/C14H19NO/c16-14-3-1-2-11(9-14)6-7-15-10-12-4-5-13(15)8-12/h1-3,9,12-13,16H,4-8,10H2. The highest BCUT2D eigenvalue weighted by molar-refractivity contribution is 5.27. The molecule has 1 aliphatic carbocycles. The van der Waals surface area contributed by atoms with Gasteiger partial charge in [-0.05, 0) is 49.3 Å². The number of hydrogen-bond acceptors (Lipinski definition) is 2. The lowest BCUT2D eigenvalue weighted by Gasteiger charge is -2.26. The summed E-state index contributed by atoms with van der Waals surface area (Å²) in [5, 5.41) is 9.40. The van der Waals surface area contributed by atoms with Gasteiger partial charge in [-0.2, -0.15) is 0 Å². The third-order valence-electron chi connectivity index (χ3n) is 4.12. The maximum absolute atomic E-state index is 9.40. The molecule has 3 rings (SSSR count). The Labute approximate surface area is 96.9 Å². The first kappa shape index (κ1) is 10.2. The zero-order valence-electron chi connectivity index (χ0n) is 9.60. The second-order valence-corrected chi connectivity index (χ2v) is 5.25. The van der Waals surface area contributed by atoms with E-state index in [9.17, 15) is 5.11 Å². The molecular formula is C14H19NO. The molecule has 0 radical (unpaired) electrons. The first-order valence-corrected chi connectivity index (χ1v) is 6.33. The molecule has 1 saturated carbocycles. The number of nitrogens with zero attached hydrogens (tertiary/aromatic N) is 1. The van der Waals surface area contributed by atoms with E-state index in [0.717, 1.165) is 24.9 Å². The quantitative estimate of drug-likeness (QED) is 0.840. The van der Waals surface area contributed by atoms with Crippen LogP contribution in [0, 0.1) is 5.92 Å². The van der Waals surface area contributed by atoms with Crippen LogP contribution in [0.3, 0.4) is 0 Å². The van der Waals surface area contributed by atoms with Crippen molar-refractivity contribution < 1.29 is 5.11 Å². The van der Waals surface area contributed by atoms with Gasteiger partial charge in [-0.25, -0.2) is 0 Å². The van der Waals surface area contributed by atoms with E-state index in [0.29, 0.717) is 5.75 Å². The maximum atomic E-state index is 9.40. The lowest BCUT2D eigenvalue weighted by Crippen LogP contribution is -2.33. The maximum Gasteiger partial charge on any atom is 0.115 e. The summed E-state index contributed by atoms with van der Waals surface area (Å²) >= 11 is 0. The Morgan fingerprint density at radius 1 is 1.31 bits per heavy atom. The van der Waals surface area contributed by atoms with E-state index in [1.54, 1.807) is 6.07 Å². The van der Waals surface area contributed by atoms with Crippen LogP contribution in [-0.2, 0) is 6.42 Å². The molecule has 2 nitrogen and oxygen atoms in total. The van der Waals surface area contributed by atoms with Gasteiger partial charge < -0.3 is 5.11 Å². The number of hydrogen-bond donors (Lipinski definition) is 1. The van der Waals surface area contributed by atoms with Crippen molar-refractivity contribution >= 4 is 0 Å². The van der Waals surface area contributed by atoms with Crippen LogP contribution >= 0.6 is 0 Å². The molecule has 1 saturated heterocycles. The number of phenols is 1. The number of benzene rings is 1. The number of fused-ring (bicyclic) bond motifs is 2. The number of aromatic hydroxyl groups is 1. The van der Waals surface area contributed by atoms with Crippen LogP contribution in [-0.4, -0.2) is 29.1 Å². The van der Waals surface area contributed by atoms with Gasteiger partial charge in [0.15, 0.2) is 0 Å². The molecule has 0 aromatic heterocycles. The Kier molecular flexibility index (Phi) is 2.60. The van der Waals surface area contributed by atoms with Gasteiger partial charge >= 0.3 is 0 Å². The van der Waals surface area contributed by atoms with Crippen LogP contribution in [0.2, 0.25) is 0 Å². The molecule has 1 aromatic carbocycles. The van der Waals surface area contributed by atoms with E-state index in [-0.39, 0.29) is 0 Å². The Balaban J connectivity index is 1.57. The zero-order valence-corrected chi connectivity index (χ0v) is 9.60. The van der Waals surface area contributed by atoms with Gasteiger partial charge in [-0.1, -0.05) is 12.1 Å². The molecule has 0 amide bonds. The first-order valence-electron chi connectivity index (χ1n) is 6.33. The van der Waals surface area contributed by atoms with E-state index in [2.05, 4.69) is 11.0 Å². The molecule has 1 aromatic rings. The van der Waals surface area contributed by atoms with Crippen LogP contribution in [0.4, 0.5) is 0 Å². The Morgan fingerprint density at radius 3 is 2.94 bits per heavy atom. The van der Waals surface area contributed by atoms with Crippen LogP contribution in [0.25, 0.3) is 0 Å². The molecule has 2 heteroatoms. The summed E-state index contributed by atoms with van der Waals surface area (Å²) in [6.07, 6.45) is 5.36. The first-order chi connectivity index (χ1) is 7.81. The summed E-state index contributed by atoms with van der Waals surface area (Å²) in [6.45, 7) is 2.47. The molecule has 2 bridgehead atoms. The second-order valence-electron chi connectivity index (χ2n) is 5.25. The minimum Gasteiger partial charge on any atom is -0.508 e. The van der Waals surface area contributed by atoms with Gasteiger partial charge in [0.2, 0.25) is 0 Å². The predicted molar refractivity (Wildman–Crippen MR) is 64.5 cm³/mol. The molecule has 2 atom stereocenters. The zero-order chi connectivity index (χ0) is 11.0. The minimum absolute atomic E-state index is 0.389. The molecule has 1 aliphatic heterocycles. The van der Waals surface area contributed by atoms with Crippen molar-refractivity contribution in [3.63, 3.8) is 0 Å². The molecule has 1 heterocycles. The molecule has 2 unspecified atom stereocenters. The largest absolute Gasteiger partial charge is 0.508 e. The van der Waals surface area contributed by atoms with Crippen molar-refractivity contribution in [1.82, 2.24) is 4.90 Å². The summed E-state index contributed by atoms with van der Waals surface area (Å²) in [7, 11) is 0. The highest BCUT2D eigenvalue weighted by Crippen LogP contribution is 2.37. The molecule has 16 heavy (non-hydrogen) atoms. The number of rotatable bonds is 3. The highest BCUT2D eigenvalue weighted by atomic mass is 16.3. The fourth-order valence-corrected chi connectivity index (χ4v) is 3.29. The minimum atomic E-state index is 0.389. The van der Waals surface area contributed by atoms with Crippen molar-refractivity contribution in [2.45, 2.75) is 31.7 Å². The third-order valence-corrected chi connectivity index (χ3v) is 4.12. The van der Waals surface area contributed by atoms with Crippen LogP contribution < -0.4 is 0 Å². The average Bonchev–Trinajstić information content (AvgIpc) is 2.88. The number of phenolic OH excluding ortho intramolecular Hbond substituents is 1. The van der Waals surface area contributed by atoms with E-state index >= 15 is 0 Å². The lowest BCUT2D eigenvalue weighted by atomic mass is 10.1. The molecule has 0 spiro atoms. The van der Waals surface area contributed by atoms with Gasteiger partial charge in [-0.15, -0.1) is 0 Å². The van der Waals surface area contributed by atoms with E-state index < -0.39 is 0 Å². The molecule has 2 aliphatic rings. The van der Waals surface area contributed by atoms with Gasteiger partial charge in [0, 0.05) is 19.1 Å². The van der Waals surface area contributed by atoms with E-state index in [1.165, 1.54) is 31.4 Å². The number of piperidine rings is 1. The van der Waals surface area contributed by atoms with Crippen LogP contribution in [0.5, 0.6) is 5.75 Å². The molecule has 1 N–H and O–H groups in total. The van der Waals surface area contributed by atoms with Gasteiger partial charge in [0.05, 0.1) is 0 Å². The fraction of sp³-hybridized carbons (Fsp3) is 0.571. The van der Waals surface area contributed by atoms with Crippen molar-refractivity contribution in [3.8, 4) is 5.75 Å². The summed E-state index contributed by atoms with van der Waals surface area (Å²) in [6, 6.07) is 8.52. The monoisotopic (exact) mass is 217 g/mol. The van der Waals surface area contributed by atoms with Crippen molar-refractivity contribution in [1.29, 1.82) is 0 Å².